The molecule has 0 spiro atoms. The Morgan fingerprint density at radius 3 is 2.76 bits per heavy atom. The summed E-state index contributed by atoms with van der Waals surface area (Å²) in [4.78, 5) is 0. The summed E-state index contributed by atoms with van der Waals surface area (Å²) >= 11 is 3.50. The molecule has 1 aliphatic heterocycles. The summed E-state index contributed by atoms with van der Waals surface area (Å²) in [7, 11) is -2.91. The van der Waals surface area contributed by atoms with Crippen molar-refractivity contribution in [2.24, 2.45) is 5.92 Å². The predicted molar refractivity (Wildman–Crippen MR) is 88.4 cm³/mol. The summed E-state index contributed by atoms with van der Waals surface area (Å²) < 4.78 is 29.6. The first-order valence-electron chi connectivity index (χ1n) is 7.22. The number of ether oxygens (including phenoxy) is 1. The van der Waals surface area contributed by atoms with Crippen LogP contribution in [0.3, 0.4) is 0 Å². The van der Waals surface area contributed by atoms with Crippen molar-refractivity contribution in [2.75, 3.05) is 18.1 Å². The number of nitrogens with one attached hydrogen (secondary N) is 1. The van der Waals surface area contributed by atoms with Gasteiger partial charge in [-0.2, -0.15) is 0 Å². The highest BCUT2D eigenvalue weighted by Gasteiger charge is 2.29. The molecule has 1 saturated heterocycles. The van der Waals surface area contributed by atoms with Crippen LogP contribution >= 0.6 is 15.9 Å². The Morgan fingerprint density at radius 1 is 1.43 bits per heavy atom. The van der Waals surface area contributed by atoms with E-state index in [9.17, 15) is 8.42 Å². The zero-order valence-electron chi connectivity index (χ0n) is 12.4. The molecule has 1 unspecified atom stereocenters. The third-order valence-electron chi connectivity index (χ3n) is 3.36. The average Bonchev–Trinajstić information content (AvgIpc) is 2.72. The van der Waals surface area contributed by atoms with Gasteiger partial charge in [0.2, 0.25) is 0 Å². The maximum atomic E-state index is 11.4. The summed E-state index contributed by atoms with van der Waals surface area (Å²) in [5, 5.41) is 3.39. The van der Waals surface area contributed by atoms with Gasteiger partial charge in [-0.05, 0) is 52.5 Å². The minimum absolute atomic E-state index is 0.122. The number of rotatable bonds is 6. The van der Waals surface area contributed by atoms with Gasteiger partial charge in [-0.15, -0.1) is 0 Å². The molecule has 0 radical (unpaired) electrons. The zero-order chi connectivity index (χ0) is 15.5. The quantitative estimate of drug-likeness (QED) is 0.830. The molecule has 1 fully saturated rings. The molecule has 2 rings (SSSR count). The number of hydrogen-bond acceptors (Lipinski definition) is 4. The van der Waals surface area contributed by atoms with Gasteiger partial charge in [0, 0.05) is 6.54 Å². The molecule has 1 aromatic carbocycles. The van der Waals surface area contributed by atoms with Crippen molar-refractivity contribution in [3.63, 3.8) is 0 Å². The lowest BCUT2D eigenvalue weighted by molar-refractivity contribution is 0.227. The second-order valence-electron chi connectivity index (χ2n) is 5.93. The molecule has 1 aromatic rings. The molecule has 1 aliphatic rings. The van der Waals surface area contributed by atoms with Crippen LogP contribution in [0.5, 0.6) is 5.75 Å². The second-order valence-corrected chi connectivity index (χ2v) is 9.02. The fourth-order valence-corrected chi connectivity index (χ4v) is 4.40. The first-order chi connectivity index (χ1) is 9.85. The van der Waals surface area contributed by atoms with Gasteiger partial charge in [-0.3, -0.25) is 0 Å². The SMILES string of the molecule is CC(C)CNCc1ccc(OC2CCS(=O)(=O)C2)c(Br)c1. The fourth-order valence-electron chi connectivity index (χ4n) is 2.29. The maximum Gasteiger partial charge on any atom is 0.154 e. The molecular formula is C15H22BrNO3S. The van der Waals surface area contributed by atoms with Crippen LogP contribution in [0.1, 0.15) is 25.8 Å². The summed E-state index contributed by atoms with van der Waals surface area (Å²) in [6.07, 6.45) is 0.350. The summed E-state index contributed by atoms with van der Waals surface area (Å²) in [6.45, 7) is 6.15. The average molecular weight is 376 g/mol. The minimum Gasteiger partial charge on any atom is -0.488 e. The highest BCUT2D eigenvalue weighted by atomic mass is 79.9. The van der Waals surface area contributed by atoms with E-state index in [4.69, 9.17) is 4.74 Å². The molecule has 1 atom stereocenters. The van der Waals surface area contributed by atoms with Crippen molar-refractivity contribution in [3.8, 4) is 5.75 Å². The Morgan fingerprint density at radius 2 is 2.19 bits per heavy atom. The highest BCUT2D eigenvalue weighted by molar-refractivity contribution is 9.10. The lowest BCUT2D eigenvalue weighted by Crippen LogP contribution is -2.19. The van der Waals surface area contributed by atoms with Crippen LogP contribution in [0, 0.1) is 5.92 Å². The van der Waals surface area contributed by atoms with Crippen LogP contribution in [-0.4, -0.2) is 32.6 Å². The zero-order valence-corrected chi connectivity index (χ0v) is 14.8. The van der Waals surface area contributed by atoms with E-state index in [1.807, 2.05) is 18.2 Å². The van der Waals surface area contributed by atoms with Crippen LogP contribution in [0.15, 0.2) is 22.7 Å². The predicted octanol–water partition coefficient (Wildman–Crippen LogP) is 2.76. The fraction of sp³-hybridized carbons (Fsp3) is 0.600. The largest absolute Gasteiger partial charge is 0.488 e. The normalized spacial score (nSPS) is 20.9. The first kappa shape index (κ1) is 16.8. The molecule has 0 amide bonds. The number of halogens is 1. The lowest BCUT2D eigenvalue weighted by Gasteiger charge is -2.14. The van der Waals surface area contributed by atoms with E-state index < -0.39 is 9.84 Å². The molecule has 6 heteroatoms. The Bertz CT molecular complexity index is 587. The second kappa shape index (κ2) is 7.11. The third kappa shape index (κ3) is 5.27. The Labute approximate surface area is 135 Å². The van der Waals surface area contributed by atoms with Crippen LogP contribution in [0.25, 0.3) is 0 Å². The summed E-state index contributed by atoms with van der Waals surface area (Å²) in [5.41, 5.74) is 1.17. The van der Waals surface area contributed by atoms with Crippen molar-refractivity contribution >= 4 is 25.8 Å². The van der Waals surface area contributed by atoms with Gasteiger partial charge in [-0.1, -0.05) is 19.9 Å². The first-order valence-corrected chi connectivity index (χ1v) is 9.83. The van der Waals surface area contributed by atoms with Crippen molar-refractivity contribution in [2.45, 2.75) is 32.9 Å². The van der Waals surface area contributed by atoms with Crippen molar-refractivity contribution in [1.82, 2.24) is 5.32 Å². The molecule has 1 N–H and O–H groups in total. The summed E-state index contributed by atoms with van der Waals surface area (Å²) in [6, 6.07) is 5.93. The van der Waals surface area contributed by atoms with E-state index in [-0.39, 0.29) is 17.6 Å². The van der Waals surface area contributed by atoms with Gasteiger partial charge in [0.05, 0.1) is 16.0 Å². The van der Waals surface area contributed by atoms with Crippen molar-refractivity contribution in [1.29, 1.82) is 0 Å². The van der Waals surface area contributed by atoms with Crippen molar-refractivity contribution < 1.29 is 13.2 Å². The molecule has 0 aliphatic carbocycles. The van der Waals surface area contributed by atoms with E-state index >= 15 is 0 Å². The van der Waals surface area contributed by atoms with E-state index in [1.165, 1.54) is 5.56 Å². The Hall–Kier alpha value is -0.590. The topological polar surface area (TPSA) is 55.4 Å². The van der Waals surface area contributed by atoms with Gasteiger partial charge < -0.3 is 10.1 Å². The number of sulfone groups is 1. The minimum atomic E-state index is -2.91. The molecule has 0 bridgehead atoms. The van der Waals surface area contributed by atoms with Gasteiger partial charge >= 0.3 is 0 Å². The Balaban J connectivity index is 1.93. The molecule has 0 saturated carbocycles. The van der Waals surface area contributed by atoms with Crippen LogP contribution in [0.2, 0.25) is 0 Å². The molecule has 0 aromatic heterocycles. The maximum absolute atomic E-state index is 11.4. The van der Waals surface area contributed by atoms with Crippen LogP contribution in [-0.2, 0) is 16.4 Å². The van der Waals surface area contributed by atoms with E-state index in [1.54, 1.807) is 0 Å². The number of benzene rings is 1. The lowest BCUT2D eigenvalue weighted by atomic mass is 10.2. The van der Waals surface area contributed by atoms with E-state index in [2.05, 4.69) is 35.1 Å². The van der Waals surface area contributed by atoms with Gasteiger partial charge in [0.25, 0.3) is 0 Å². The molecule has 1 heterocycles. The molecule has 21 heavy (non-hydrogen) atoms. The molecule has 118 valence electrons. The van der Waals surface area contributed by atoms with Crippen LogP contribution < -0.4 is 10.1 Å². The molecular weight excluding hydrogens is 354 g/mol. The Kier molecular flexibility index (Phi) is 5.68. The number of hydrogen-bond donors (Lipinski definition) is 1. The van der Waals surface area contributed by atoms with E-state index in [0.29, 0.717) is 18.1 Å². The molecule has 4 nitrogen and oxygen atoms in total. The van der Waals surface area contributed by atoms with E-state index in [0.717, 1.165) is 17.6 Å². The van der Waals surface area contributed by atoms with Crippen molar-refractivity contribution in [3.05, 3.63) is 28.2 Å². The van der Waals surface area contributed by atoms with Gasteiger partial charge in [-0.25, -0.2) is 8.42 Å². The van der Waals surface area contributed by atoms with Crippen LogP contribution in [0.4, 0.5) is 0 Å². The van der Waals surface area contributed by atoms with Gasteiger partial charge in [0.15, 0.2) is 9.84 Å². The highest BCUT2D eigenvalue weighted by Crippen LogP contribution is 2.29. The monoisotopic (exact) mass is 375 g/mol. The summed E-state index contributed by atoms with van der Waals surface area (Å²) in [5.74, 6) is 1.69. The van der Waals surface area contributed by atoms with Gasteiger partial charge in [0.1, 0.15) is 11.9 Å². The third-order valence-corrected chi connectivity index (χ3v) is 5.72. The standard InChI is InChI=1S/C15H22BrNO3S/c1-11(2)8-17-9-12-3-4-15(14(16)7-12)20-13-5-6-21(18,19)10-13/h3-4,7,11,13,17H,5-6,8-10H2,1-2H3. The smallest absolute Gasteiger partial charge is 0.154 e.